The third kappa shape index (κ3) is 3.47. The average Bonchev–Trinajstić information content (AvgIpc) is 2.89. The molecule has 0 amide bonds. The van der Waals surface area contributed by atoms with Gasteiger partial charge in [0.2, 0.25) is 0 Å². The lowest BCUT2D eigenvalue weighted by molar-refractivity contribution is 0.302. The molecule has 0 atom stereocenters. The zero-order valence-corrected chi connectivity index (χ0v) is 13.3. The molecule has 0 bridgehead atoms. The molecule has 0 saturated heterocycles. The maximum Gasteiger partial charge on any atom is 0.420 e. The molecule has 0 aliphatic carbocycles. The first-order chi connectivity index (χ1) is 11.3. The highest BCUT2D eigenvalue weighted by atomic mass is 16.5. The van der Waals surface area contributed by atoms with Gasteiger partial charge >= 0.3 is 5.76 Å². The summed E-state index contributed by atoms with van der Waals surface area (Å²) in [5.74, 6) is 0.493. The standard InChI is InChI=1S/C19H21NO3/c1-2-3-8-13-22-17-11-6-4-9-15(17)14-20-16-10-5-7-12-18(16)23-19(20)21/h4-7,9-12H,2-3,8,13-14H2,1H3. The molecule has 0 fully saturated rings. The van der Waals surface area contributed by atoms with Crippen molar-refractivity contribution in [3.05, 3.63) is 64.6 Å². The minimum atomic E-state index is -0.341. The Bertz CT molecular complexity index is 832. The normalized spacial score (nSPS) is 11.0. The van der Waals surface area contributed by atoms with Crippen LogP contribution in [0.1, 0.15) is 31.7 Å². The van der Waals surface area contributed by atoms with E-state index in [2.05, 4.69) is 6.92 Å². The molecule has 1 heterocycles. The second-order valence-electron chi connectivity index (χ2n) is 5.59. The number of oxazole rings is 1. The van der Waals surface area contributed by atoms with Crippen molar-refractivity contribution in [1.29, 1.82) is 0 Å². The Kier molecular flexibility index (Phi) is 4.81. The van der Waals surface area contributed by atoms with E-state index >= 15 is 0 Å². The predicted octanol–water partition coefficient (Wildman–Crippen LogP) is 4.21. The van der Waals surface area contributed by atoms with Crippen LogP contribution in [0.15, 0.2) is 57.7 Å². The topological polar surface area (TPSA) is 44.4 Å². The van der Waals surface area contributed by atoms with Crippen LogP contribution in [-0.4, -0.2) is 11.2 Å². The van der Waals surface area contributed by atoms with Crippen LogP contribution in [0.2, 0.25) is 0 Å². The van der Waals surface area contributed by atoms with Crippen LogP contribution >= 0.6 is 0 Å². The average molecular weight is 311 g/mol. The van der Waals surface area contributed by atoms with Gasteiger partial charge in [-0.25, -0.2) is 4.79 Å². The van der Waals surface area contributed by atoms with Gasteiger partial charge in [-0.2, -0.15) is 0 Å². The summed E-state index contributed by atoms with van der Waals surface area (Å²) in [5, 5.41) is 0. The highest BCUT2D eigenvalue weighted by Gasteiger charge is 2.11. The van der Waals surface area contributed by atoms with Crippen LogP contribution in [0.3, 0.4) is 0 Å². The quantitative estimate of drug-likeness (QED) is 0.614. The van der Waals surface area contributed by atoms with E-state index in [1.165, 1.54) is 6.42 Å². The number of hydrogen-bond acceptors (Lipinski definition) is 3. The first kappa shape index (κ1) is 15.4. The van der Waals surface area contributed by atoms with E-state index in [9.17, 15) is 4.79 Å². The van der Waals surface area contributed by atoms with Crippen molar-refractivity contribution < 1.29 is 9.15 Å². The van der Waals surface area contributed by atoms with Gasteiger partial charge in [-0.1, -0.05) is 50.1 Å². The minimum absolute atomic E-state index is 0.341. The summed E-state index contributed by atoms with van der Waals surface area (Å²) >= 11 is 0. The number of fused-ring (bicyclic) bond motifs is 1. The van der Waals surface area contributed by atoms with E-state index in [-0.39, 0.29) is 5.76 Å². The van der Waals surface area contributed by atoms with Crippen molar-refractivity contribution in [3.8, 4) is 5.75 Å². The lowest BCUT2D eigenvalue weighted by atomic mass is 10.2. The summed E-state index contributed by atoms with van der Waals surface area (Å²) in [6, 6.07) is 15.3. The molecular weight excluding hydrogens is 290 g/mol. The van der Waals surface area contributed by atoms with Gasteiger partial charge in [-0.3, -0.25) is 4.57 Å². The summed E-state index contributed by atoms with van der Waals surface area (Å²) in [7, 11) is 0. The van der Waals surface area contributed by atoms with E-state index in [0.29, 0.717) is 18.7 Å². The van der Waals surface area contributed by atoms with Crippen molar-refractivity contribution >= 4 is 11.1 Å². The van der Waals surface area contributed by atoms with E-state index in [1.54, 1.807) is 10.6 Å². The molecule has 23 heavy (non-hydrogen) atoms. The van der Waals surface area contributed by atoms with Gasteiger partial charge in [0, 0.05) is 5.56 Å². The summed E-state index contributed by atoms with van der Waals surface area (Å²) in [6.07, 6.45) is 3.37. The van der Waals surface area contributed by atoms with E-state index in [4.69, 9.17) is 9.15 Å². The van der Waals surface area contributed by atoms with Crippen LogP contribution in [0.4, 0.5) is 0 Å². The number of para-hydroxylation sites is 3. The zero-order valence-electron chi connectivity index (χ0n) is 13.3. The lowest BCUT2D eigenvalue weighted by Gasteiger charge is -2.11. The number of unbranched alkanes of at least 4 members (excludes halogenated alkanes) is 2. The second-order valence-corrected chi connectivity index (χ2v) is 5.59. The third-order valence-corrected chi connectivity index (χ3v) is 3.88. The number of benzene rings is 2. The number of hydrogen-bond donors (Lipinski definition) is 0. The molecule has 0 saturated carbocycles. The van der Waals surface area contributed by atoms with Crippen molar-refractivity contribution in [2.75, 3.05) is 6.61 Å². The largest absolute Gasteiger partial charge is 0.493 e. The van der Waals surface area contributed by atoms with Gasteiger partial charge in [-0.15, -0.1) is 0 Å². The van der Waals surface area contributed by atoms with Crippen molar-refractivity contribution in [2.45, 2.75) is 32.7 Å². The summed E-state index contributed by atoms with van der Waals surface area (Å²) in [4.78, 5) is 12.1. The van der Waals surface area contributed by atoms with E-state index < -0.39 is 0 Å². The molecule has 1 aromatic heterocycles. The molecule has 4 nitrogen and oxygen atoms in total. The second kappa shape index (κ2) is 7.18. The predicted molar refractivity (Wildman–Crippen MR) is 91.0 cm³/mol. The van der Waals surface area contributed by atoms with Crippen LogP contribution in [0.25, 0.3) is 11.1 Å². The molecule has 0 aliphatic rings. The summed E-state index contributed by atoms with van der Waals surface area (Å²) in [5.41, 5.74) is 2.40. The molecule has 0 spiro atoms. The maximum atomic E-state index is 12.1. The lowest BCUT2D eigenvalue weighted by Crippen LogP contribution is -2.15. The van der Waals surface area contributed by atoms with Crippen molar-refractivity contribution in [1.82, 2.24) is 4.57 Å². The number of nitrogens with zero attached hydrogens (tertiary/aromatic N) is 1. The summed E-state index contributed by atoms with van der Waals surface area (Å²) < 4.78 is 12.8. The van der Waals surface area contributed by atoms with Gasteiger partial charge in [0.05, 0.1) is 18.7 Å². The third-order valence-electron chi connectivity index (χ3n) is 3.88. The molecule has 4 heteroatoms. The van der Waals surface area contributed by atoms with Crippen LogP contribution < -0.4 is 10.5 Å². The number of ether oxygens (including phenoxy) is 1. The smallest absolute Gasteiger partial charge is 0.420 e. The Hall–Kier alpha value is -2.49. The zero-order chi connectivity index (χ0) is 16.1. The Morgan fingerprint density at radius 3 is 2.70 bits per heavy atom. The Labute approximate surface area is 135 Å². The minimum Gasteiger partial charge on any atom is -0.493 e. The molecule has 120 valence electrons. The highest BCUT2D eigenvalue weighted by Crippen LogP contribution is 2.21. The fourth-order valence-electron chi connectivity index (χ4n) is 2.64. The van der Waals surface area contributed by atoms with Gasteiger partial charge in [0.15, 0.2) is 5.58 Å². The maximum absolute atomic E-state index is 12.1. The molecule has 2 aromatic carbocycles. The Morgan fingerprint density at radius 1 is 1.04 bits per heavy atom. The molecule has 0 N–H and O–H groups in total. The first-order valence-electron chi connectivity index (χ1n) is 8.08. The molecule has 3 aromatic rings. The highest BCUT2D eigenvalue weighted by molar-refractivity contribution is 5.72. The Balaban J connectivity index is 1.84. The van der Waals surface area contributed by atoms with Crippen LogP contribution in [0, 0.1) is 0 Å². The van der Waals surface area contributed by atoms with Gasteiger partial charge in [0.25, 0.3) is 0 Å². The Morgan fingerprint density at radius 2 is 1.83 bits per heavy atom. The van der Waals surface area contributed by atoms with Gasteiger partial charge < -0.3 is 9.15 Å². The fraction of sp³-hybridized carbons (Fsp3) is 0.316. The SMILES string of the molecule is CCCCCOc1ccccc1Cn1c(=O)oc2ccccc21. The molecule has 0 aliphatic heterocycles. The van der Waals surface area contributed by atoms with Gasteiger partial charge in [-0.05, 0) is 24.6 Å². The monoisotopic (exact) mass is 311 g/mol. The molecule has 3 rings (SSSR count). The summed E-state index contributed by atoms with van der Waals surface area (Å²) in [6.45, 7) is 3.32. The van der Waals surface area contributed by atoms with E-state index in [1.807, 2.05) is 42.5 Å². The first-order valence-corrected chi connectivity index (χ1v) is 8.08. The van der Waals surface area contributed by atoms with Gasteiger partial charge in [0.1, 0.15) is 5.75 Å². The van der Waals surface area contributed by atoms with E-state index in [0.717, 1.165) is 29.7 Å². The van der Waals surface area contributed by atoms with Crippen LogP contribution in [0.5, 0.6) is 5.75 Å². The molecular formula is C19H21NO3. The molecule has 0 radical (unpaired) electrons. The number of aromatic nitrogens is 1. The van der Waals surface area contributed by atoms with Crippen molar-refractivity contribution in [3.63, 3.8) is 0 Å². The number of rotatable bonds is 7. The van der Waals surface area contributed by atoms with Crippen molar-refractivity contribution in [2.24, 2.45) is 0 Å². The fourth-order valence-corrected chi connectivity index (χ4v) is 2.64. The molecule has 0 unspecified atom stereocenters. The van der Waals surface area contributed by atoms with Crippen LogP contribution in [-0.2, 0) is 6.54 Å².